The molecular formula is C12H21N5. The van der Waals surface area contributed by atoms with Gasteiger partial charge in [-0.2, -0.15) is 0 Å². The molecule has 0 aliphatic heterocycles. The van der Waals surface area contributed by atoms with Gasteiger partial charge in [0.05, 0.1) is 0 Å². The van der Waals surface area contributed by atoms with Crippen molar-refractivity contribution in [3.8, 4) is 0 Å². The topological polar surface area (TPSA) is 75.9 Å². The van der Waals surface area contributed by atoms with Gasteiger partial charge in [0.15, 0.2) is 0 Å². The highest BCUT2D eigenvalue weighted by Gasteiger charge is 2.40. The fraction of sp³-hybridized carbons (Fsp3) is 0.667. The monoisotopic (exact) mass is 235 g/mol. The standard InChI is InChI=1S/C12H21N5/c1-4-12(5-6-12)7-14-10-8(2)11(17-13)16-9(3)15-10/h4-7,13H2,1-3H3,(H2,14,15,16,17). The first-order chi connectivity index (χ1) is 8.10. The molecule has 1 aromatic rings. The Bertz CT molecular complexity index is 412. The molecule has 0 unspecified atom stereocenters. The normalized spacial score (nSPS) is 16.7. The first-order valence-electron chi connectivity index (χ1n) is 6.16. The second-order valence-electron chi connectivity index (χ2n) is 4.94. The molecule has 5 nitrogen and oxygen atoms in total. The Balaban J connectivity index is 2.12. The molecule has 0 radical (unpaired) electrons. The number of nitrogens with two attached hydrogens (primary N) is 1. The molecule has 2 rings (SSSR count). The lowest BCUT2D eigenvalue weighted by Gasteiger charge is -2.16. The number of hydrogen-bond donors (Lipinski definition) is 3. The van der Waals surface area contributed by atoms with Crippen LogP contribution in [0, 0.1) is 19.3 Å². The Hall–Kier alpha value is -1.36. The minimum Gasteiger partial charge on any atom is -0.369 e. The van der Waals surface area contributed by atoms with Crippen LogP contribution in [-0.2, 0) is 0 Å². The maximum absolute atomic E-state index is 5.44. The van der Waals surface area contributed by atoms with Gasteiger partial charge in [0, 0.05) is 12.1 Å². The lowest BCUT2D eigenvalue weighted by Crippen LogP contribution is -2.18. The molecule has 0 amide bonds. The van der Waals surface area contributed by atoms with Gasteiger partial charge in [0.25, 0.3) is 0 Å². The molecule has 1 heterocycles. The summed E-state index contributed by atoms with van der Waals surface area (Å²) < 4.78 is 0. The van der Waals surface area contributed by atoms with E-state index in [0.717, 1.165) is 23.8 Å². The van der Waals surface area contributed by atoms with Crippen molar-refractivity contribution >= 4 is 11.6 Å². The van der Waals surface area contributed by atoms with Gasteiger partial charge in [-0.05, 0) is 38.5 Å². The van der Waals surface area contributed by atoms with Crippen LogP contribution in [-0.4, -0.2) is 16.5 Å². The molecule has 0 atom stereocenters. The Kier molecular flexibility index (Phi) is 3.19. The van der Waals surface area contributed by atoms with E-state index in [4.69, 9.17) is 5.84 Å². The van der Waals surface area contributed by atoms with E-state index in [9.17, 15) is 0 Å². The predicted molar refractivity (Wildman–Crippen MR) is 69.8 cm³/mol. The number of anilines is 2. The summed E-state index contributed by atoms with van der Waals surface area (Å²) in [4.78, 5) is 8.67. The third-order valence-electron chi connectivity index (χ3n) is 3.73. The molecule has 0 aromatic carbocycles. The molecule has 1 aliphatic carbocycles. The van der Waals surface area contributed by atoms with Gasteiger partial charge in [0.2, 0.25) is 0 Å². The van der Waals surface area contributed by atoms with Crippen molar-refractivity contribution in [2.45, 2.75) is 40.0 Å². The van der Waals surface area contributed by atoms with Crippen LogP contribution in [0.3, 0.4) is 0 Å². The summed E-state index contributed by atoms with van der Waals surface area (Å²) in [7, 11) is 0. The summed E-state index contributed by atoms with van der Waals surface area (Å²) in [5.41, 5.74) is 4.09. The summed E-state index contributed by atoms with van der Waals surface area (Å²) in [6, 6.07) is 0. The maximum Gasteiger partial charge on any atom is 0.148 e. The van der Waals surface area contributed by atoms with Gasteiger partial charge in [-0.3, -0.25) is 0 Å². The fourth-order valence-electron chi connectivity index (χ4n) is 2.04. The van der Waals surface area contributed by atoms with E-state index in [1.165, 1.54) is 19.3 Å². The minimum absolute atomic E-state index is 0.502. The molecule has 94 valence electrons. The average Bonchev–Trinajstić information content (AvgIpc) is 3.10. The van der Waals surface area contributed by atoms with Crippen LogP contribution in [0.15, 0.2) is 0 Å². The molecule has 1 aliphatic rings. The third kappa shape index (κ3) is 2.49. The van der Waals surface area contributed by atoms with Crippen LogP contribution in [0.2, 0.25) is 0 Å². The first-order valence-corrected chi connectivity index (χ1v) is 6.16. The van der Waals surface area contributed by atoms with E-state index in [0.29, 0.717) is 11.2 Å². The quantitative estimate of drug-likeness (QED) is 0.537. The molecular weight excluding hydrogens is 214 g/mol. The molecule has 1 saturated carbocycles. The Morgan fingerprint density at radius 3 is 2.41 bits per heavy atom. The highest BCUT2D eigenvalue weighted by atomic mass is 15.3. The lowest BCUT2D eigenvalue weighted by atomic mass is 10.0. The predicted octanol–water partition coefficient (Wildman–Crippen LogP) is 1.98. The zero-order valence-electron chi connectivity index (χ0n) is 10.8. The lowest BCUT2D eigenvalue weighted by molar-refractivity contribution is 0.520. The number of hydrazine groups is 1. The third-order valence-corrected chi connectivity index (χ3v) is 3.73. The van der Waals surface area contributed by atoms with Crippen molar-refractivity contribution in [3.05, 3.63) is 11.4 Å². The summed E-state index contributed by atoms with van der Waals surface area (Å²) in [5, 5.41) is 3.44. The van der Waals surface area contributed by atoms with Gasteiger partial charge in [-0.25, -0.2) is 15.8 Å². The highest BCUT2D eigenvalue weighted by molar-refractivity contribution is 5.56. The van der Waals surface area contributed by atoms with E-state index in [-0.39, 0.29) is 0 Å². The highest BCUT2D eigenvalue weighted by Crippen LogP contribution is 2.48. The van der Waals surface area contributed by atoms with Crippen molar-refractivity contribution in [2.24, 2.45) is 11.3 Å². The van der Waals surface area contributed by atoms with Gasteiger partial charge in [0.1, 0.15) is 17.5 Å². The summed E-state index contributed by atoms with van der Waals surface area (Å²) in [6.07, 6.45) is 3.87. The van der Waals surface area contributed by atoms with Crippen LogP contribution in [0.5, 0.6) is 0 Å². The van der Waals surface area contributed by atoms with Crippen molar-refractivity contribution in [1.29, 1.82) is 0 Å². The van der Waals surface area contributed by atoms with E-state index in [1.54, 1.807) is 0 Å². The fourth-order valence-corrected chi connectivity index (χ4v) is 2.04. The Morgan fingerprint density at radius 2 is 1.88 bits per heavy atom. The zero-order chi connectivity index (χ0) is 12.5. The smallest absolute Gasteiger partial charge is 0.148 e. The number of nitrogens with one attached hydrogen (secondary N) is 2. The van der Waals surface area contributed by atoms with E-state index < -0.39 is 0 Å². The van der Waals surface area contributed by atoms with Crippen LogP contribution in [0.1, 0.15) is 37.6 Å². The molecule has 0 spiro atoms. The number of nitrogens with zero attached hydrogens (tertiary/aromatic N) is 2. The molecule has 0 saturated heterocycles. The Morgan fingerprint density at radius 1 is 1.24 bits per heavy atom. The number of aryl methyl sites for hydroxylation is 1. The summed E-state index contributed by atoms with van der Waals surface area (Å²) >= 11 is 0. The van der Waals surface area contributed by atoms with Gasteiger partial charge >= 0.3 is 0 Å². The maximum atomic E-state index is 5.44. The summed E-state index contributed by atoms with van der Waals surface area (Å²) in [6.45, 7) is 7.09. The number of nitrogen functional groups attached to an aromatic ring is 1. The van der Waals surface area contributed by atoms with Crippen molar-refractivity contribution in [1.82, 2.24) is 9.97 Å². The first kappa shape index (κ1) is 12.1. The molecule has 1 fully saturated rings. The summed E-state index contributed by atoms with van der Waals surface area (Å²) in [5.74, 6) is 7.76. The molecule has 17 heavy (non-hydrogen) atoms. The zero-order valence-corrected chi connectivity index (χ0v) is 10.8. The van der Waals surface area contributed by atoms with Gasteiger partial charge < -0.3 is 10.7 Å². The Labute approximate surface area is 102 Å². The molecule has 5 heteroatoms. The van der Waals surface area contributed by atoms with Crippen LogP contribution in [0.4, 0.5) is 11.6 Å². The van der Waals surface area contributed by atoms with Gasteiger partial charge in [-0.15, -0.1) is 0 Å². The second-order valence-corrected chi connectivity index (χ2v) is 4.94. The minimum atomic E-state index is 0.502. The largest absolute Gasteiger partial charge is 0.369 e. The number of rotatable bonds is 5. The number of hydrogen-bond acceptors (Lipinski definition) is 5. The van der Waals surface area contributed by atoms with Crippen molar-refractivity contribution in [2.75, 3.05) is 17.3 Å². The van der Waals surface area contributed by atoms with E-state index in [2.05, 4.69) is 27.6 Å². The van der Waals surface area contributed by atoms with Crippen LogP contribution < -0.4 is 16.6 Å². The molecule has 1 aromatic heterocycles. The van der Waals surface area contributed by atoms with Crippen LogP contribution >= 0.6 is 0 Å². The second kappa shape index (κ2) is 4.49. The average molecular weight is 235 g/mol. The van der Waals surface area contributed by atoms with Gasteiger partial charge in [-0.1, -0.05) is 6.92 Å². The van der Waals surface area contributed by atoms with Crippen molar-refractivity contribution in [3.63, 3.8) is 0 Å². The molecule has 4 N–H and O–H groups in total. The van der Waals surface area contributed by atoms with E-state index >= 15 is 0 Å². The number of aromatic nitrogens is 2. The van der Waals surface area contributed by atoms with E-state index in [1.807, 2.05) is 13.8 Å². The van der Waals surface area contributed by atoms with Crippen molar-refractivity contribution < 1.29 is 0 Å². The SMILES string of the molecule is CCC1(CNc2nc(C)nc(NN)c2C)CC1. The van der Waals surface area contributed by atoms with Crippen LogP contribution in [0.25, 0.3) is 0 Å². The molecule has 0 bridgehead atoms.